The van der Waals surface area contributed by atoms with Crippen LogP contribution in [0.25, 0.3) is 0 Å². The van der Waals surface area contributed by atoms with Crippen molar-refractivity contribution < 1.29 is 4.79 Å². The largest absolute Gasteiger partial charge is 0.340 e. The maximum atomic E-state index is 10.4. The maximum absolute atomic E-state index is 10.4. The Hall–Kier alpha value is -1.38. The summed E-state index contributed by atoms with van der Waals surface area (Å²) in [6.45, 7) is 2.07. The van der Waals surface area contributed by atoms with Crippen molar-refractivity contribution in [3.8, 4) is 0 Å². The maximum Gasteiger partial charge on any atom is 0.124 e. The predicted molar refractivity (Wildman–Crippen MR) is 62.6 cm³/mol. The molecule has 0 spiro atoms. The van der Waals surface area contributed by atoms with Crippen LogP contribution < -0.4 is 0 Å². The van der Waals surface area contributed by atoms with Gasteiger partial charge in [0.15, 0.2) is 0 Å². The Kier molecular flexibility index (Phi) is 4.81. The van der Waals surface area contributed by atoms with E-state index in [4.69, 9.17) is 0 Å². The molecule has 0 amide bonds. The van der Waals surface area contributed by atoms with Crippen molar-refractivity contribution in [2.24, 2.45) is 4.99 Å². The number of aliphatic imine (C=N–C) groups is 1. The Morgan fingerprint density at radius 1 is 1.60 bits per heavy atom. The van der Waals surface area contributed by atoms with Crippen LogP contribution in [-0.2, 0) is 4.79 Å². The quantitative estimate of drug-likeness (QED) is 0.650. The van der Waals surface area contributed by atoms with Gasteiger partial charge in [0.1, 0.15) is 6.29 Å². The first-order chi connectivity index (χ1) is 7.24. The zero-order valence-electron chi connectivity index (χ0n) is 9.44. The Balaban J connectivity index is 2.73. The molecule has 1 rings (SSSR count). The fraction of sp³-hybridized carbons (Fsp3) is 0.500. The van der Waals surface area contributed by atoms with Crippen LogP contribution in [0.4, 0.5) is 0 Å². The van der Waals surface area contributed by atoms with Crippen LogP contribution >= 0.6 is 0 Å². The molecule has 0 N–H and O–H groups in total. The van der Waals surface area contributed by atoms with Crippen molar-refractivity contribution in [3.05, 3.63) is 23.5 Å². The summed E-state index contributed by atoms with van der Waals surface area (Å²) in [5.41, 5.74) is 2.33. The lowest BCUT2D eigenvalue weighted by molar-refractivity contribution is -0.107. The van der Waals surface area contributed by atoms with Gasteiger partial charge in [0, 0.05) is 25.4 Å². The van der Waals surface area contributed by atoms with E-state index < -0.39 is 0 Å². The molecule has 0 saturated carbocycles. The van der Waals surface area contributed by atoms with E-state index in [-0.39, 0.29) is 0 Å². The number of carbonyl (C=O) groups is 1. The lowest BCUT2D eigenvalue weighted by Crippen LogP contribution is -2.13. The molecule has 0 aromatic heterocycles. The van der Waals surface area contributed by atoms with Crippen LogP contribution in [0.15, 0.2) is 28.5 Å². The number of aldehydes is 1. The molecule has 0 fully saturated rings. The van der Waals surface area contributed by atoms with Gasteiger partial charge in [-0.05, 0) is 31.8 Å². The molecule has 82 valence electrons. The molecule has 0 atom stereocenters. The van der Waals surface area contributed by atoms with E-state index in [0.29, 0.717) is 6.42 Å². The number of hydrogen-bond donors (Lipinski definition) is 0. The minimum absolute atomic E-state index is 0.504. The third kappa shape index (κ3) is 4.11. The molecule has 3 heteroatoms. The topological polar surface area (TPSA) is 32.7 Å². The van der Waals surface area contributed by atoms with Crippen LogP contribution in [0.3, 0.4) is 0 Å². The number of carbonyl (C=O) groups excluding carboxylic acids is 1. The minimum Gasteiger partial charge on any atom is -0.340 e. The summed E-state index contributed by atoms with van der Waals surface area (Å²) < 4.78 is 0. The summed E-state index contributed by atoms with van der Waals surface area (Å²) in [5.74, 6) is 0. The van der Waals surface area contributed by atoms with E-state index in [2.05, 4.69) is 18.0 Å². The fourth-order valence-corrected chi connectivity index (χ4v) is 1.44. The van der Waals surface area contributed by atoms with Gasteiger partial charge in [0.05, 0.1) is 6.34 Å². The molecule has 1 aliphatic heterocycles. The van der Waals surface area contributed by atoms with Crippen molar-refractivity contribution >= 4 is 12.6 Å². The molecule has 1 heterocycles. The van der Waals surface area contributed by atoms with Gasteiger partial charge in [-0.1, -0.05) is 6.08 Å². The summed E-state index contributed by atoms with van der Waals surface area (Å²) in [4.78, 5) is 16.6. The molecule has 0 bridgehead atoms. The first-order valence-corrected chi connectivity index (χ1v) is 5.28. The fourth-order valence-electron chi connectivity index (χ4n) is 1.44. The summed E-state index contributed by atoms with van der Waals surface area (Å²) in [5, 5.41) is 0. The minimum atomic E-state index is 0.504. The highest BCUT2D eigenvalue weighted by molar-refractivity contribution is 5.59. The van der Waals surface area contributed by atoms with E-state index in [1.165, 1.54) is 5.70 Å². The van der Waals surface area contributed by atoms with E-state index in [1.54, 1.807) is 6.34 Å². The van der Waals surface area contributed by atoms with Gasteiger partial charge >= 0.3 is 0 Å². The molecule has 15 heavy (non-hydrogen) atoms. The van der Waals surface area contributed by atoms with Crippen LogP contribution in [0, 0.1) is 0 Å². The molecule has 1 aliphatic rings. The van der Waals surface area contributed by atoms with Crippen LogP contribution in [-0.4, -0.2) is 24.6 Å². The van der Waals surface area contributed by atoms with Crippen molar-refractivity contribution in [3.63, 3.8) is 0 Å². The van der Waals surface area contributed by atoms with Gasteiger partial charge in [0.2, 0.25) is 0 Å². The molecule has 0 unspecified atom stereocenters. The normalized spacial score (nSPS) is 25.1. The van der Waals surface area contributed by atoms with Crippen LogP contribution in [0.2, 0.25) is 0 Å². The standard InChI is InChI=1S/C12H18N2O/c1-11-5-3-4-6-12(7-8-15)9-13-10-14(11)2/h5,8-10H,3-4,6-7H2,1-2H3/b11-5+,12-9-,13-10?. The van der Waals surface area contributed by atoms with E-state index in [0.717, 1.165) is 31.1 Å². The van der Waals surface area contributed by atoms with E-state index in [1.807, 2.05) is 18.1 Å². The average Bonchev–Trinajstić information content (AvgIpc) is 2.23. The monoisotopic (exact) mass is 206 g/mol. The van der Waals surface area contributed by atoms with Crippen molar-refractivity contribution in [1.29, 1.82) is 0 Å². The summed E-state index contributed by atoms with van der Waals surface area (Å²) in [7, 11) is 1.98. The smallest absolute Gasteiger partial charge is 0.124 e. The summed E-state index contributed by atoms with van der Waals surface area (Å²) >= 11 is 0. The molecule has 0 aliphatic carbocycles. The zero-order chi connectivity index (χ0) is 11.1. The number of allylic oxidation sites excluding steroid dienone is 3. The molecule has 0 aromatic rings. The summed E-state index contributed by atoms with van der Waals surface area (Å²) in [6.07, 6.45) is 10.3. The zero-order valence-corrected chi connectivity index (χ0v) is 9.44. The number of hydrogen-bond acceptors (Lipinski definition) is 3. The number of nitrogens with zero attached hydrogens (tertiary/aromatic N) is 2. The first kappa shape index (κ1) is 11.7. The third-order valence-electron chi connectivity index (χ3n) is 2.54. The summed E-state index contributed by atoms with van der Waals surface area (Å²) in [6, 6.07) is 0. The lowest BCUT2D eigenvalue weighted by Gasteiger charge is -2.14. The second-order valence-electron chi connectivity index (χ2n) is 3.77. The highest BCUT2D eigenvalue weighted by Crippen LogP contribution is 2.13. The molecular formula is C12H18N2O. The predicted octanol–water partition coefficient (Wildman–Crippen LogP) is 2.51. The molecular weight excluding hydrogens is 188 g/mol. The van der Waals surface area contributed by atoms with Gasteiger partial charge in [-0.25, -0.2) is 4.99 Å². The van der Waals surface area contributed by atoms with E-state index in [9.17, 15) is 4.79 Å². The van der Waals surface area contributed by atoms with Crippen molar-refractivity contribution in [2.45, 2.75) is 32.6 Å². The van der Waals surface area contributed by atoms with Crippen molar-refractivity contribution in [1.82, 2.24) is 4.90 Å². The molecule has 0 saturated heterocycles. The van der Waals surface area contributed by atoms with Crippen LogP contribution in [0.5, 0.6) is 0 Å². The second-order valence-corrected chi connectivity index (χ2v) is 3.77. The highest BCUT2D eigenvalue weighted by Gasteiger charge is 2.00. The highest BCUT2D eigenvalue weighted by atomic mass is 16.1. The van der Waals surface area contributed by atoms with Crippen LogP contribution in [0.1, 0.15) is 32.6 Å². The van der Waals surface area contributed by atoms with Crippen molar-refractivity contribution in [2.75, 3.05) is 7.05 Å². The van der Waals surface area contributed by atoms with Gasteiger partial charge in [-0.3, -0.25) is 0 Å². The Labute approximate surface area is 91.2 Å². The second kappa shape index (κ2) is 6.17. The van der Waals surface area contributed by atoms with Gasteiger partial charge in [-0.15, -0.1) is 0 Å². The molecule has 0 aromatic carbocycles. The molecule has 0 radical (unpaired) electrons. The SMILES string of the molecule is C/C1=C\CCC/C(CC=O)=C/N=CN1C. The Morgan fingerprint density at radius 3 is 3.13 bits per heavy atom. The first-order valence-electron chi connectivity index (χ1n) is 5.28. The Morgan fingerprint density at radius 2 is 2.40 bits per heavy atom. The van der Waals surface area contributed by atoms with Gasteiger partial charge < -0.3 is 9.69 Å². The van der Waals surface area contributed by atoms with E-state index >= 15 is 0 Å². The number of rotatable bonds is 2. The van der Waals surface area contributed by atoms with Gasteiger partial charge in [0.25, 0.3) is 0 Å². The average molecular weight is 206 g/mol. The van der Waals surface area contributed by atoms with Gasteiger partial charge in [-0.2, -0.15) is 0 Å². The lowest BCUT2D eigenvalue weighted by atomic mass is 10.1. The molecule has 3 nitrogen and oxygen atoms in total. The third-order valence-corrected chi connectivity index (χ3v) is 2.54. The Bertz CT molecular complexity index is 303.